The topological polar surface area (TPSA) is 69.9 Å². The Morgan fingerprint density at radius 1 is 0.688 bits per heavy atom. The van der Waals surface area contributed by atoms with Crippen molar-refractivity contribution in [2.24, 2.45) is 34.5 Å². The molecule has 0 aliphatic heterocycles. The van der Waals surface area contributed by atoms with E-state index in [1.54, 1.807) is 0 Å². The van der Waals surface area contributed by atoms with Crippen LogP contribution in [0.25, 0.3) is 0 Å². The minimum Gasteiger partial charge on any atom is -0.413 e. The summed E-state index contributed by atoms with van der Waals surface area (Å²) in [4.78, 5) is 0. The molecule has 0 saturated heterocycles. The highest BCUT2D eigenvalue weighted by Gasteiger charge is 2.68. The number of hydrogen-bond acceptors (Lipinski definition) is 4. The molecule has 5 heteroatoms. The van der Waals surface area contributed by atoms with Crippen LogP contribution in [0.1, 0.15) is 96.3 Å². The van der Waals surface area contributed by atoms with E-state index in [1.165, 1.54) is 11.1 Å². The first-order chi connectivity index (χ1) is 22.8. The maximum atomic E-state index is 12.3. The van der Waals surface area contributed by atoms with Gasteiger partial charge in [-0.05, 0) is 108 Å². The first-order valence-corrected chi connectivity index (χ1v) is 21.0. The van der Waals surface area contributed by atoms with Gasteiger partial charge in [0.05, 0.1) is 17.8 Å². The van der Waals surface area contributed by atoms with Gasteiger partial charge in [0.15, 0.2) is 0 Å². The average molecular weight is 667 g/mol. The van der Waals surface area contributed by atoms with Crippen LogP contribution in [0.2, 0.25) is 5.04 Å². The van der Waals surface area contributed by atoms with Crippen molar-refractivity contribution in [2.75, 3.05) is 0 Å². The van der Waals surface area contributed by atoms with Crippen LogP contribution in [0.15, 0.2) is 91.0 Å². The second-order valence-electron chi connectivity index (χ2n) is 17.7. The second-order valence-corrected chi connectivity index (χ2v) is 22.1. The van der Waals surface area contributed by atoms with Crippen molar-refractivity contribution in [1.29, 1.82) is 0 Å². The zero-order valence-corrected chi connectivity index (χ0v) is 30.8. The summed E-state index contributed by atoms with van der Waals surface area (Å²) in [5.41, 5.74) is 2.37. The lowest BCUT2D eigenvalue weighted by atomic mass is 9.43. The molecule has 0 unspecified atom stereocenters. The molecular weight excluding hydrogens is 609 g/mol. The van der Waals surface area contributed by atoms with E-state index in [9.17, 15) is 15.3 Å². The van der Waals surface area contributed by atoms with E-state index in [2.05, 4.69) is 107 Å². The molecule has 4 aliphatic carbocycles. The third kappa shape index (κ3) is 5.47. The zero-order valence-electron chi connectivity index (χ0n) is 29.8. The third-order valence-corrected chi connectivity index (χ3v) is 20.0. The second kappa shape index (κ2) is 12.5. The van der Waals surface area contributed by atoms with Gasteiger partial charge in [0.2, 0.25) is 8.32 Å². The zero-order chi connectivity index (χ0) is 34.0. The Morgan fingerprint density at radius 3 is 1.79 bits per heavy atom. The molecule has 0 amide bonds. The lowest BCUT2D eigenvalue weighted by Crippen LogP contribution is -2.65. The Labute approximate surface area is 290 Å². The standard InChI is InChI=1S/C43H58O4Si/c1-40(2,3)48(28-30-15-9-6-10-16-30,29-31-17-11-7-12-18-31)47-33-21-24-41(4)34-22-25-42(5)35(37(34)39(45)38(44)36(41)27-33)23-26-43(42,46)32-19-13-8-14-20-32/h6-20,33-39,44-46H,21-29H2,1-5H3/t33-,34-,35-,36+,37+,38+,39+,41+,42-,43+/m0/s1. The van der Waals surface area contributed by atoms with Gasteiger partial charge in [-0.1, -0.05) is 126 Å². The molecule has 4 nitrogen and oxygen atoms in total. The molecule has 48 heavy (non-hydrogen) atoms. The van der Waals surface area contributed by atoms with Gasteiger partial charge in [-0.3, -0.25) is 0 Å². The summed E-state index contributed by atoms with van der Waals surface area (Å²) in [7, 11) is -2.47. The van der Waals surface area contributed by atoms with Crippen LogP contribution in [0, 0.1) is 34.5 Å². The molecule has 7 rings (SSSR count). The van der Waals surface area contributed by atoms with Crippen molar-refractivity contribution < 1.29 is 19.7 Å². The SMILES string of the molecule is CC(C)(C)[Si](Cc1ccccc1)(Cc1ccccc1)O[C@H]1CC[C@@]2(C)[C@H](C1)[C@@H](O)[C@H](O)[C@@H]1[C@@H]2CC[C@@]2(C)[C@H]1CC[C@@]2(O)c1ccccc1. The summed E-state index contributed by atoms with van der Waals surface area (Å²) < 4.78 is 7.64. The van der Waals surface area contributed by atoms with Gasteiger partial charge in [0.25, 0.3) is 0 Å². The molecular formula is C43H58O4Si. The first kappa shape index (κ1) is 34.2. The summed E-state index contributed by atoms with van der Waals surface area (Å²) in [5, 5.41) is 36.5. The maximum absolute atomic E-state index is 12.3. The van der Waals surface area contributed by atoms with Gasteiger partial charge in [-0.25, -0.2) is 0 Å². The number of rotatable bonds is 7. The summed E-state index contributed by atoms with van der Waals surface area (Å²) in [5.74, 6) is 0.493. The fourth-order valence-corrected chi connectivity index (χ4v) is 15.9. The molecule has 3 N–H and O–H groups in total. The average Bonchev–Trinajstić information content (AvgIpc) is 3.36. The summed E-state index contributed by atoms with van der Waals surface area (Å²) in [6, 6.07) is 33.9. The predicted molar refractivity (Wildman–Crippen MR) is 195 cm³/mol. The van der Waals surface area contributed by atoms with Crippen molar-refractivity contribution in [2.45, 2.75) is 121 Å². The third-order valence-electron chi connectivity index (χ3n) is 14.5. The van der Waals surface area contributed by atoms with Crippen molar-refractivity contribution in [3.8, 4) is 0 Å². The number of aliphatic hydroxyl groups is 3. The van der Waals surface area contributed by atoms with E-state index in [1.807, 2.05) is 18.2 Å². The van der Waals surface area contributed by atoms with Crippen molar-refractivity contribution in [1.82, 2.24) is 0 Å². The van der Waals surface area contributed by atoms with E-state index in [0.717, 1.165) is 56.2 Å². The molecule has 3 aromatic carbocycles. The Morgan fingerprint density at radius 2 is 1.23 bits per heavy atom. The van der Waals surface area contributed by atoms with Crippen LogP contribution in [-0.2, 0) is 22.1 Å². The minimum absolute atomic E-state index is 0.00518. The minimum atomic E-state index is -2.47. The predicted octanol–water partition coefficient (Wildman–Crippen LogP) is 8.55. The van der Waals surface area contributed by atoms with Crippen molar-refractivity contribution in [3.63, 3.8) is 0 Å². The molecule has 4 aliphatic rings. The normalized spacial score (nSPS) is 38.1. The highest BCUT2D eigenvalue weighted by molar-refractivity contribution is 6.75. The Balaban J connectivity index is 1.17. The van der Waals surface area contributed by atoms with E-state index in [4.69, 9.17) is 4.43 Å². The molecule has 0 bridgehead atoms. The summed E-state index contributed by atoms with van der Waals surface area (Å²) in [6.45, 7) is 11.8. The van der Waals surface area contributed by atoms with Crippen LogP contribution in [0.5, 0.6) is 0 Å². The summed E-state index contributed by atoms with van der Waals surface area (Å²) in [6.07, 6.45) is 4.80. The highest BCUT2D eigenvalue weighted by Crippen LogP contribution is 2.70. The summed E-state index contributed by atoms with van der Waals surface area (Å²) >= 11 is 0. The smallest absolute Gasteiger partial charge is 0.207 e. The lowest BCUT2D eigenvalue weighted by molar-refractivity contribution is -0.232. The van der Waals surface area contributed by atoms with Gasteiger partial charge in [0, 0.05) is 11.5 Å². The fraction of sp³-hybridized carbons (Fsp3) is 0.581. The fourth-order valence-electron chi connectivity index (χ4n) is 11.6. The molecule has 0 heterocycles. The van der Waals surface area contributed by atoms with E-state index in [-0.39, 0.29) is 39.7 Å². The Hall–Kier alpha value is -2.28. The van der Waals surface area contributed by atoms with E-state index in [0.29, 0.717) is 12.3 Å². The Bertz CT molecular complexity index is 1500. The number of hydrogen-bond donors (Lipinski definition) is 3. The Kier molecular flexibility index (Phi) is 8.89. The molecule has 258 valence electrons. The lowest BCUT2D eigenvalue weighted by Gasteiger charge is -2.64. The van der Waals surface area contributed by atoms with Crippen LogP contribution >= 0.6 is 0 Å². The van der Waals surface area contributed by atoms with Gasteiger partial charge in [-0.15, -0.1) is 0 Å². The largest absolute Gasteiger partial charge is 0.413 e. The van der Waals surface area contributed by atoms with Crippen LogP contribution in [0.3, 0.4) is 0 Å². The maximum Gasteiger partial charge on any atom is 0.207 e. The quantitative estimate of drug-likeness (QED) is 0.221. The molecule has 0 aromatic heterocycles. The number of benzene rings is 3. The van der Waals surface area contributed by atoms with Gasteiger partial charge >= 0.3 is 0 Å². The van der Waals surface area contributed by atoms with Crippen molar-refractivity contribution >= 4 is 8.32 Å². The molecule has 0 spiro atoms. The number of aliphatic hydroxyl groups excluding tert-OH is 2. The van der Waals surface area contributed by atoms with Crippen molar-refractivity contribution in [3.05, 3.63) is 108 Å². The molecule has 4 fully saturated rings. The van der Waals surface area contributed by atoms with Crippen LogP contribution in [-0.4, -0.2) is 41.9 Å². The molecule has 3 aromatic rings. The highest BCUT2D eigenvalue weighted by atomic mass is 28.4. The first-order valence-electron chi connectivity index (χ1n) is 18.7. The van der Waals surface area contributed by atoms with E-state index < -0.39 is 26.1 Å². The molecule has 0 radical (unpaired) electrons. The molecule has 10 atom stereocenters. The van der Waals surface area contributed by atoms with Crippen LogP contribution in [0.4, 0.5) is 0 Å². The van der Waals surface area contributed by atoms with Gasteiger partial charge in [0.1, 0.15) is 0 Å². The molecule has 4 saturated carbocycles. The monoisotopic (exact) mass is 666 g/mol. The van der Waals surface area contributed by atoms with E-state index >= 15 is 0 Å². The van der Waals surface area contributed by atoms with Gasteiger partial charge in [-0.2, -0.15) is 0 Å². The van der Waals surface area contributed by atoms with Crippen LogP contribution < -0.4 is 0 Å². The number of fused-ring (bicyclic) bond motifs is 5. The van der Waals surface area contributed by atoms with Gasteiger partial charge < -0.3 is 19.7 Å².